The molecule has 0 atom stereocenters. The van der Waals surface area contributed by atoms with Crippen LogP contribution in [0.2, 0.25) is 0 Å². The van der Waals surface area contributed by atoms with Crippen LogP contribution in [-0.2, 0) is 18.3 Å². The van der Waals surface area contributed by atoms with Crippen LogP contribution in [0.15, 0.2) is 24.3 Å². The molecule has 0 fully saturated rings. The van der Waals surface area contributed by atoms with Gasteiger partial charge in [-0.1, -0.05) is 31.5 Å². The van der Waals surface area contributed by atoms with Gasteiger partial charge in [0.2, 0.25) is 5.91 Å². The molecule has 1 aromatic carbocycles. The Balaban J connectivity index is 2.40. The molecule has 0 aliphatic carbocycles. The zero-order valence-electron chi connectivity index (χ0n) is 13.3. The zero-order chi connectivity index (χ0) is 16.3. The molecule has 1 amide bonds. The number of aromatic carboxylic acids is 1. The van der Waals surface area contributed by atoms with Crippen LogP contribution in [0, 0.1) is 0 Å². The van der Waals surface area contributed by atoms with Crippen LogP contribution in [0.4, 0.5) is 0 Å². The first-order valence-corrected chi connectivity index (χ1v) is 7.50. The maximum Gasteiger partial charge on any atom is 0.352 e. The third-order valence-corrected chi connectivity index (χ3v) is 4.02. The van der Waals surface area contributed by atoms with E-state index in [0.717, 1.165) is 23.7 Å². The van der Waals surface area contributed by atoms with E-state index in [4.69, 9.17) is 0 Å². The number of carbonyl (C=O) groups excluding carboxylic acids is 1. The molecular weight excluding hydrogens is 280 g/mol. The summed E-state index contributed by atoms with van der Waals surface area (Å²) in [5.41, 5.74) is 1.62. The van der Waals surface area contributed by atoms with Crippen LogP contribution in [0.5, 0.6) is 0 Å². The molecule has 0 saturated carbocycles. The van der Waals surface area contributed by atoms with Gasteiger partial charge in [0.15, 0.2) is 0 Å². The number of amides is 1. The lowest BCUT2D eigenvalue weighted by Gasteiger charge is -2.16. The van der Waals surface area contributed by atoms with Crippen molar-refractivity contribution in [1.29, 1.82) is 0 Å². The lowest BCUT2D eigenvalue weighted by molar-refractivity contribution is -0.129. The number of rotatable bonds is 6. The fourth-order valence-electron chi connectivity index (χ4n) is 2.73. The Morgan fingerprint density at radius 2 is 1.95 bits per heavy atom. The number of carbonyl (C=O) groups is 2. The summed E-state index contributed by atoms with van der Waals surface area (Å²) < 4.78 is 1.65. The van der Waals surface area contributed by atoms with E-state index in [0.29, 0.717) is 12.1 Å². The SMILES string of the molecule is CCCCN(C)C(=O)Cc1c(C(=O)O)n(C)c2ccccc12. The highest BCUT2D eigenvalue weighted by atomic mass is 16.4. The van der Waals surface area contributed by atoms with Gasteiger partial charge in [-0.05, 0) is 12.5 Å². The van der Waals surface area contributed by atoms with Crippen molar-refractivity contribution in [3.63, 3.8) is 0 Å². The van der Waals surface area contributed by atoms with Gasteiger partial charge in [-0.15, -0.1) is 0 Å². The molecule has 5 heteroatoms. The van der Waals surface area contributed by atoms with Gasteiger partial charge < -0.3 is 14.6 Å². The highest BCUT2D eigenvalue weighted by molar-refractivity contribution is 6.00. The van der Waals surface area contributed by atoms with Gasteiger partial charge in [-0.3, -0.25) is 4.79 Å². The number of fused-ring (bicyclic) bond motifs is 1. The largest absolute Gasteiger partial charge is 0.477 e. The summed E-state index contributed by atoms with van der Waals surface area (Å²) in [4.78, 5) is 25.6. The molecule has 0 bridgehead atoms. The van der Waals surface area contributed by atoms with E-state index >= 15 is 0 Å². The van der Waals surface area contributed by atoms with Gasteiger partial charge in [-0.2, -0.15) is 0 Å². The molecule has 0 aliphatic heterocycles. The van der Waals surface area contributed by atoms with Crippen LogP contribution in [-0.4, -0.2) is 40.0 Å². The number of benzene rings is 1. The van der Waals surface area contributed by atoms with Crippen molar-refractivity contribution < 1.29 is 14.7 Å². The number of carboxylic acids is 1. The lowest BCUT2D eigenvalue weighted by Crippen LogP contribution is -2.29. The van der Waals surface area contributed by atoms with Crippen molar-refractivity contribution in [3.05, 3.63) is 35.5 Å². The Kier molecular flexibility index (Phi) is 4.85. The number of aromatic nitrogens is 1. The van der Waals surface area contributed by atoms with Gasteiger partial charge in [0.25, 0.3) is 0 Å². The van der Waals surface area contributed by atoms with Crippen molar-refractivity contribution in [1.82, 2.24) is 9.47 Å². The molecule has 1 N–H and O–H groups in total. The van der Waals surface area contributed by atoms with Gasteiger partial charge in [0, 0.05) is 37.1 Å². The summed E-state index contributed by atoms with van der Waals surface area (Å²) in [6, 6.07) is 7.47. The second kappa shape index (κ2) is 6.64. The molecule has 5 nitrogen and oxygen atoms in total. The highest BCUT2D eigenvalue weighted by Gasteiger charge is 2.23. The average molecular weight is 302 g/mol. The number of hydrogen-bond acceptors (Lipinski definition) is 2. The maximum atomic E-state index is 12.4. The van der Waals surface area contributed by atoms with Crippen LogP contribution >= 0.6 is 0 Å². The fraction of sp³-hybridized carbons (Fsp3) is 0.412. The lowest BCUT2D eigenvalue weighted by atomic mass is 10.1. The summed E-state index contributed by atoms with van der Waals surface area (Å²) in [6.45, 7) is 2.77. The summed E-state index contributed by atoms with van der Waals surface area (Å²) in [6.07, 6.45) is 2.08. The molecule has 22 heavy (non-hydrogen) atoms. The number of nitrogens with zero attached hydrogens (tertiary/aromatic N) is 2. The molecule has 2 aromatic rings. The molecular formula is C17H22N2O3. The topological polar surface area (TPSA) is 62.5 Å². The summed E-state index contributed by atoms with van der Waals surface area (Å²) >= 11 is 0. The summed E-state index contributed by atoms with van der Waals surface area (Å²) in [7, 11) is 3.49. The van der Waals surface area contributed by atoms with E-state index in [-0.39, 0.29) is 18.0 Å². The van der Waals surface area contributed by atoms with Gasteiger partial charge in [0.1, 0.15) is 5.69 Å². The predicted octanol–water partition coefficient (Wildman–Crippen LogP) is 2.68. The Morgan fingerprint density at radius 3 is 2.59 bits per heavy atom. The normalized spacial score (nSPS) is 10.9. The molecule has 2 rings (SSSR count). The van der Waals surface area contributed by atoms with Gasteiger partial charge >= 0.3 is 5.97 Å². The minimum atomic E-state index is -1.00. The highest BCUT2D eigenvalue weighted by Crippen LogP contribution is 2.26. The summed E-state index contributed by atoms with van der Waals surface area (Å²) in [5.74, 6) is -1.05. The Bertz CT molecular complexity index is 703. The third kappa shape index (κ3) is 2.98. The minimum Gasteiger partial charge on any atom is -0.477 e. The second-order valence-corrected chi connectivity index (χ2v) is 5.55. The zero-order valence-corrected chi connectivity index (χ0v) is 13.3. The molecule has 0 unspecified atom stereocenters. The number of unbranched alkanes of at least 4 members (excludes halogenated alkanes) is 1. The Morgan fingerprint density at radius 1 is 1.27 bits per heavy atom. The van der Waals surface area contributed by atoms with Gasteiger partial charge in [-0.25, -0.2) is 4.79 Å². The average Bonchev–Trinajstić information content (AvgIpc) is 2.78. The predicted molar refractivity (Wildman–Crippen MR) is 86.1 cm³/mol. The first-order valence-electron chi connectivity index (χ1n) is 7.50. The standard InChI is InChI=1S/C17H22N2O3/c1-4-5-10-18(2)15(20)11-13-12-8-6-7-9-14(12)19(3)16(13)17(21)22/h6-9H,4-5,10-11H2,1-3H3,(H,21,22). The fourth-order valence-corrected chi connectivity index (χ4v) is 2.73. The van der Waals surface area contributed by atoms with Gasteiger partial charge in [0.05, 0.1) is 6.42 Å². The van der Waals surface area contributed by atoms with Crippen molar-refractivity contribution in [2.24, 2.45) is 7.05 Å². The van der Waals surface area contributed by atoms with Crippen molar-refractivity contribution in [2.45, 2.75) is 26.2 Å². The van der Waals surface area contributed by atoms with E-state index < -0.39 is 5.97 Å². The van der Waals surface area contributed by atoms with E-state index in [1.54, 1.807) is 23.6 Å². The first kappa shape index (κ1) is 16.1. The van der Waals surface area contributed by atoms with Crippen molar-refractivity contribution in [3.8, 4) is 0 Å². The second-order valence-electron chi connectivity index (χ2n) is 5.55. The smallest absolute Gasteiger partial charge is 0.352 e. The monoisotopic (exact) mass is 302 g/mol. The number of aryl methyl sites for hydroxylation is 1. The molecule has 0 radical (unpaired) electrons. The van der Waals surface area contributed by atoms with E-state index in [1.165, 1.54) is 0 Å². The number of para-hydroxylation sites is 1. The number of carboxylic acid groups (broad SMARTS) is 1. The molecule has 0 saturated heterocycles. The number of hydrogen-bond donors (Lipinski definition) is 1. The molecule has 0 spiro atoms. The van der Waals surface area contributed by atoms with Crippen LogP contribution in [0.3, 0.4) is 0 Å². The molecule has 1 aromatic heterocycles. The first-order chi connectivity index (χ1) is 10.5. The minimum absolute atomic E-state index is 0.0488. The maximum absolute atomic E-state index is 12.4. The molecule has 118 valence electrons. The van der Waals surface area contributed by atoms with Crippen LogP contribution in [0.25, 0.3) is 10.9 Å². The van der Waals surface area contributed by atoms with Crippen molar-refractivity contribution in [2.75, 3.05) is 13.6 Å². The molecule has 1 heterocycles. The van der Waals surface area contributed by atoms with Crippen LogP contribution in [0.1, 0.15) is 35.8 Å². The third-order valence-electron chi connectivity index (χ3n) is 4.02. The molecule has 0 aliphatic rings. The summed E-state index contributed by atoms with van der Waals surface area (Å²) in [5, 5.41) is 10.3. The van der Waals surface area contributed by atoms with E-state index in [2.05, 4.69) is 6.92 Å². The Labute approximate surface area is 130 Å². The van der Waals surface area contributed by atoms with Crippen molar-refractivity contribution >= 4 is 22.8 Å². The van der Waals surface area contributed by atoms with Crippen LogP contribution < -0.4 is 0 Å². The Hall–Kier alpha value is -2.30. The number of likely N-dealkylation sites (N-methyl/N-ethyl adjacent to an activating group) is 1. The quantitative estimate of drug-likeness (QED) is 0.892. The van der Waals surface area contributed by atoms with E-state index in [1.807, 2.05) is 24.3 Å². The van der Waals surface area contributed by atoms with E-state index in [9.17, 15) is 14.7 Å².